The van der Waals surface area contributed by atoms with Crippen molar-refractivity contribution in [3.8, 4) is 62.0 Å². The highest BCUT2D eigenvalue weighted by molar-refractivity contribution is 7.93. The van der Waals surface area contributed by atoms with E-state index in [4.69, 9.17) is 24.7 Å². The summed E-state index contributed by atoms with van der Waals surface area (Å²) in [6.07, 6.45) is 15.2. The van der Waals surface area contributed by atoms with Crippen LogP contribution in [0.2, 0.25) is 0 Å². The zero-order chi connectivity index (χ0) is 98.9. The van der Waals surface area contributed by atoms with Gasteiger partial charge in [-0.15, -0.1) is 0 Å². The molecule has 0 unspecified atom stereocenters. The first-order valence-corrected chi connectivity index (χ1v) is 51.3. The van der Waals surface area contributed by atoms with Crippen LogP contribution in [0.4, 0.5) is 34.1 Å². The number of rotatable bonds is 23. The molecule has 4 aliphatic rings. The average molecular weight is 1980 g/mol. The van der Waals surface area contributed by atoms with Crippen LogP contribution >= 0.6 is 0 Å². The second-order valence-corrected chi connectivity index (χ2v) is 45.7. The Morgan fingerprint density at radius 2 is 0.752 bits per heavy atom. The number of H-pyrrole nitrogens is 5. The van der Waals surface area contributed by atoms with E-state index < -0.39 is 60.3 Å². The summed E-state index contributed by atoms with van der Waals surface area (Å²) in [6, 6.07) is 51.5. The van der Waals surface area contributed by atoms with Crippen molar-refractivity contribution in [2.24, 2.45) is 0 Å². The zero-order valence-electron chi connectivity index (χ0n) is 78.6. The molecule has 34 nitrogen and oxygen atoms in total. The Morgan fingerprint density at radius 1 is 0.397 bits per heavy atom. The lowest BCUT2D eigenvalue weighted by Crippen LogP contribution is -2.24. The summed E-state index contributed by atoms with van der Waals surface area (Å²) in [5.41, 5.74) is 22.4. The highest BCUT2D eigenvalue weighted by atomic mass is 32.2. The van der Waals surface area contributed by atoms with E-state index in [0.717, 1.165) is 73.7 Å². The molecule has 21 rings (SSSR count). The van der Waals surface area contributed by atoms with Crippen molar-refractivity contribution in [1.82, 2.24) is 74.9 Å². The van der Waals surface area contributed by atoms with Crippen molar-refractivity contribution in [2.45, 2.75) is 130 Å². The number of sulfone groups is 4. The first-order chi connectivity index (χ1) is 67.0. The Kier molecular flexibility index (Phi) is 26.7. The van der Waals surface area contributed by atoms with Gasteiger partial charge in [-0.1, -0.05) is 92.4 Å². The van der Waals surface area contributed by atoms with Gasteiger partial charge >= 0.3 is 0 Å². The molecule has 38 heteroatoms. The lowest BCUT2D eigenvalue weighted by atomic mass is 10.0. The number of ether oxygens (including phenoxy) is 1. The molecule has 141 heavy (non-hydrogen) atoms. The van der Waals surface area contributed by atoms with Gasteiger partial charge in [0.1, 0.15) is 34.4 Å². The Bertz CT molecular complexity index is 8260. The van der Waals surface area contributed by atoms with E-state index in [1.165, 1.54) is 0 Å². The highest BCUT2D eigenvalue weighted by Crippen LogP contribution is 2.43. The van der Waals surface area contributed by atoms with Crippen LogP contribution in [0.3, 0.4) is 0 Å². The number of benzene rings is 8. The van der Waals surface area contributed by atoms with E-state index in [1.54, 1.807) is 241 Å². The maximum Gasteiger partial charge on any atom is 0.261 e. The van der Waals surface area contributed by atoms with Crippen molar-refractivity contribution in [3.05, 3.63) is 276 Å². The summed E-state index contributed by atoms with van der Waals surface area (Å²) < 4.78 is 105. The van der Waals surface area contributed by atoms with Gasteiger partial charge in [-0.05, 0) is 188 Å². The summed E-state index contributed by atoms with van der Waals surface area (Å²) in [7, 11) is -3.81. The molecular formula is C103H113N21O13S4. The maximum absolute atomic E-state index is 13.4. The first kappa shape index (κ1) is 97.1. The molecule has 4 aliphatic heterocycles. The normalized spacial score (nSPS) is 13.6. The van der Waals surface area contributed by atoms with Crippen LogP contribution in [-0.2, 0) is 65.5 Å². The summed E-state index contributed by atoms with van der Waals surface area (Å²) in [5.74, 6) is 0.281. The van der Waals surface area contributed by atoms with Gasteiger partial charge in [-0.3, -0.25) is 24.3 Å². The fraction of sp³-hybridized carbons (Fsp3) is 0.233. The number of amides is 4. The molecule has 8 aromatic carbocycles. The number of aromatic amines is 5. The third-order valence-electron chi connectivity index (χ3n) is 25.0. The average Bonchev–Trinajstić information content (AvgIpc) is 1.61. The van der Waals surface area contributed by atoms with Crippen LogP contribution in [-0.4, -0.2) is 202 Å². The maximum atomic E-state index is 13.4. The molecule has 0 bridgehead atoms. The summed E-state index contributed by atoms with van der Waals surface area (Å²) in [4.78, 5) is 115. The van der Waals surface area contributed by atoms with Gasteiger partial charge < -0.3 is 59.4 Å². The summed E-state index contributed by atoms with van der Waals surface area (Å²) in [6.45, 7) is 16.3. The monoisotopic (exact) mass is 1980 g/mol. The number of hydrogen-bond acceptors (Lipinski definition) is 25. The number of fused-ring (bicyclic) bond motifs is 8. The van der Waals surface area contributed by atoms with Crippen LogP contribution in [0.15, 0.2) is 251 Å². The molecule has 6 N–H and O–H groups in total. The minimum atomic E-state index is -3.36. The number of carbonyl (C=O) groups excluding carboxylic acids is 4. The summed E-state index contributed by atoms with van der Waals surface area (Å²) in [5, 5.41) is 8.06. The van der Waals surface area contributed by atoms with E-state index in [9.17, 15) is 52.8 Å². The predicted octanol–water partition coefficient (Wildman–Crippen LogP) is 18.2. The molecule has 17 aromatic rings. The number of nitrogens with one attached hydrogen (secondary N) is 6. The second-order valence-electron chi connectivity index (χ2n) is 35.7. The Hall–Kier alpha value is -15.5. The molecule has 732 valence electrons. The second kappa shape index (κ2) is 38.7. The molecule has 0 saturated carbocycles. The van der Waals surface area contributed by atoms with E-state index >= 15 is 0 Å². The fourth-order valence-electron chi connectivity index (χ4n) is 16.9. The molecular weight excluding hydrogens is 1870 g/mol. The van der Waals surface area contributed by atoms with Crippen LogP contribution in [0, 0.1) is 0 Å². The molecule has 13 heterocycles. The minimum Gasteiger partial charge on any atom is -0.492 e. The summed E-state index contributed by atoms with van der Waals surface area (Å²) >= 11 is 0. The van der Waals surface area contributed by atoms with Crippen molar-refractivity contribution >= 4 is 142 Å². The molecule has 0 spiro atoms. The fourth-order valence-corrected chi connectivity index (χ4v) is 21.2. The molecule has 0 fully saturated rings. The third-order valence-corrected chi connectivity index (χ3v) is 33.7. The number of hydrogen-bond donors (Lipinski definition) is 6. The Balaban J connectivity index is 0.000000171. The topological polar surface area (TPSA) is 440 Å². The number of carbonyl (C=O) groups is 4. The highest BCUT2D eigenvalue weighted by Gasteiger charge is 2.38. The third kappa shape index (κ3) is 18.5. The number of aromatic nitrogens is 14. The number of nitrogens with zero attached hydrogens (tertiary/aromatic N) is 15. The lowest BCUT2D eigenvalue weighted by Gasteiger charge is -2.17. The minimum absolute atomic E-state index is 0. The standard InChI is InChI=1S/C27H29N5O4S.C26H22N6O3S.C25H25N5O3S.C24H23N5O3S.CH4.5H2/c1-17(2)37(34,35)21-9-6-18(7-10-21)23-14-28-26-25(30-23)24(15-29-26)32-16-19-5-8-20(13-22(19)27(32)33)36-12-11-31(3)4;1-15(2)36(34,35)19-6-3-16(4-7-19)22-12-27-25-24(30-22)23(13-28-25)32-14-18-11-17(21-9-10-29-31-21)5-8-20(18)26(32)33;1-15(2)34(32,33)18-10-8-16(9-11-18)19-12-26-24-23(28-19)21(13-27-24)30-14-17-6-5-7-20(29(3)4)22(17)25(30)31;1-14(2)33(31,32)17-9-7-15(8-10-17)19-11-26-23-22(28-19)20(12-27-23)29-13-16-5-4-6-18(25-3)21(16)24(29)30;;;;;;/h5-10,13-15,17H,11-12,16H2,1-4H3,(H,28,29);3-13,15H,14H2,1-2H3,(H,27,28)(H,29,31);5-13,15H,14H2,1-4H3,(H,26,27);4-12,14,25H,13H2,1-3H3,(H,26,27);1H4;5*1H. The quantitative estimate of drug-likeness (QED) is 0.0346. The molecule has 9 aromatic heterocycles. The van der Waals surface area contributed by atoms with Crippen molar-refractivity contribution in [2.75, 3.05) is 78.2 Å². The van der Waals surface area contributed by atoms with Gasteiger partial charge in [0.15, 0.2) is 61.9 Å². The van der Waals surface area contributed by atoms with Gasteiger partial charge in [0.25, 0.3) is 23.6 Å². The van der Waals surface area contributed by atoms with Crippen LogP contribution < -0.4 is 34.6 Å². The van der Waals surface area contributed by atoms with Crippen LogP contribution in [0.5, 0.6) is 5.75 Å². The van der Waals surface area contributed by atoms with Gasteiger partial charge in [0.2, 0.25) is 0 Å². The van der Waals surface area contributed by atoms with Gasteiger partial charge in [0.05, 0.1) is 154 Å². The number of anilines is 6. The largest absolute Gasteiger partial charge is 0.492 e. The lowest BCUT2D eigenvalue weighted by molar-refractivity contribution is 0.0989. The zero-order valence-corrected chi connectivity index (χ0v) is 81.9. The molecule has 0 aliphatic carbocycles. The molecule has 4 amide bonds. The van der Waals surface area contributed by atoms with E-state index in [2.05, 4.69) is 55.4 Å². The van der Waals surface area contributed by atoms with E-state index in [1.807, 2.05) is 111 Å². The molecule has 0 saturated heterocycles. The number of likely N-dealkylation sites (N-methyl/N-ethyl adjacent to an activating group) is 1. The predicted molar refractivity (Wildman–Crippen MR) is 557 cm³/mol. The molecule has 0 atom stereocenters. The van der Waals surface area contributed by atoms with Gasteiger partial charge in [0, 0.05) is 111 Å². The van der Waals surface area contributed by atoms with E-state index in [0.29, 0.717) is 151 Å². The van der Waals surface area contributed by atoms with Gasteiger partial charge in [-0.25, -0.2) is 73.5 Å². The van der Waals surface area contributed by atoms with Crippen molar-refractivity contribution in [1.29, 1.82) is 0 Å². The van der Waals surface area contributed by atoms with Gasteiger partial charge in [-0.2, -0.15) is 5.10 Å². The van der Waals surface area contributed by atoms with Crippen molar-refractivity contribution in [3.63, 3.8) is 0 Å². The Labute approximate surface area is 822 Å². The molecule has 0 radical (unpaired) electrons. The smallest absolute Gasteiger partial charge is 0.261 e. The van der Waals surface area contributed by atoms with Crippen molar-refractivity contribution < 1.29 is 64.7 Å². The van der Waals surface area contributed by atoms with Crippen LogP contribution in [0.1, 0.15) is 134 Å². The SMILES string of the molecule is C.CC(C)S(=O)(=O)c1ccc(-c2cnc3[nH]cc(N4Cc5cc(-c6ccn[nH]6)ccc5C4=O)c3n2)cc1.CC(C)S(=O)(=O)c1ccc(-c2cnc3[nH]cc(N4Cc5ccc(OCCN(C)C)cc5C4=O)c3n2)cc1.CC(C)S(=O)(=O)c1ccc(-c2cnc3[nH]cc(N4Cc5cccc(N(C)C)c5C4=O)c3n2)cc1.CNc1cccc2c1C(=O)N(c1c[nH]c3ncc(-c4ccc(S(=O)(=O)C(C)C)cc4)nc13)C2.[HH].[HH].[HH].[HH].[HH]. The first-order valence-electron chi connectivity index (χ1n) is 45.1. The van der Waals surface area contributed by atoms with Crippen LogP contribution in [0.25, 0.3) is 101 Å². The Morgan fingerprint density at radius 3 is 1.12 bits per heavy atom. The van der Waals surface area contributed by atoms with E-state index in [-0.39, 0.29) is 57.8 Å².